The lowest BCUT2D eigenvalue weighted by Crippen LogP contribution is -2.01. The van der Waals surface area contributed by atoms with Gasteiger partial charge in [-0.25, -0.2) is 4.79 Å². The number of hydrogen-bond donors (Lipinski definition) is 3. The van der Waals surface area contributed by atoms with Crippen LogP contribution in [0.4, 0.5) is 0 Å². The number of carboxylic acids is 1. The van der Waals surface area contributed by atoms with Crippen molar-refractivity contribution >= 4 is 5.97 Å². The predicted octanol–water partition coefficient (Wildman–Crippen LogP) is 1.41. The van der Waals surface area contributed by atoms with Gasteiger partial charge in [0.2, 0.25) is 0 Å². The molecule has 0 aromatic heterocycles. The van der Waals surface area contributed by atoms with Crippen LogP contribution in [0, 0.1) is 13.8 Å². The van der Waals surface area contributed by atoms with E-state index in [9.17, 15) is 15.0 Å². The Labute approximate surface area is 75.1 Å². The molecule has 0 spiro atoms. The van der Waals surface area contributed by atoms with Crippen LogP contribution in [0.5, 0.6) is 11.5 Å². The van der Waals surface area contributed by atoms with E-state index < -0.39 is 11.7 Å². The highest BCUT2D eigenvalue weighted by atomic mass is 16.4. The Morgan fingerprint density at radius 1 is 1.15 bits per heavy atom. The van der Waals surface area contributed by atoms with E-state index in [2.05, 4.69) is 0 Å². The summed E-state index contributed by atoms with van der Waals surface area (Å²) in [6, 6.07) is 1.51. The number of aromatic carboxylic acids is 1. The van der Waals surface area contributed by atoms with Crippen molar-refractivity contribution in [2.75, 3.05) is 0 Å². The van der Waals surface area contributed by atoms with Gasteiger partial charge in [0.25, 0.3) is 0 Å². The van der Waals surface area contributed by atoms with Crippen LogP contribution in [0.2, 0.25) is 0 Å². The third-order valence-corrected chi connectivity index (χ3v) is 1.88. The van der Waals surface area contributed by atoms with Crippen LogP contribution in [-0.2, 0) is 0 Å². The molecule has 0 saturated heterocycles. The zero-order chi connectivity index (χ0) is 10.2. The van der Waals surface area contributed by atoms with E-state index in [4.69, 9.17) is 5.11 Å². The highest BCUT2D eigenvalue weighted by Gasteiger charge is 2.17. The molecule has 13 heavy (non-hydrogen) atoms. The fourth-order valence-electron chi connectivity index (χ4n) is 1.23. The zero-order valence-electron chi connectivity index (χ0n) is 7.33. The van der Waals surface area contributed by atoms with Gasteiger partial charge in [0.05, 0.1) is 0 Å². The summed E-state index contributed by atoms with van der Waals surface area (Å²) >= 11 is 0. The number of benzene rings is 1. The Balaban J connectivity index is 3.53. The molecule has 0 aliphatic rings. The molecule has 0 atom stereocenters. The Kier molecular flexibility index (Phi) is 2.14. The van der Waals surface area contributed by atoms with Crippen molar-refractivity contribution in [2.24, 2.45) is 0 Å². The predicted molar refractivity (Wildman–Crippen MR) is 46.2 cm³/mol. The van der Waals surface area contributed by atoms with E-state index in [1.165, 1.54) is 6.07 Å². The molecule has 0 amide bonds. The summed E-state index contributed by atoms with van der Waals surface area (Å²) in [7, 11) is 0. The number of carbonyl (C=O) groups is 1. The number of carboxylic acid groups (broad SMARTS) is 1. The average Bonchev–Trinajstić information content (AvgIpc) is 1.99. The molecule has 3 N–H and O–H groups in total. The lowest BCUT2D eigenvalue weighted by atomic mass is 10.0. The van der Waals surface area contributed by atoms with Crippen molar-refractivity contribution < 1.29 is 20.1 Å². The Hall–Kier alpha value is -1.71. The summed E-state index contributed by atoms with van der Waals surface area (Å²) in [6.45, 7) is 3.16. The summed E-state index contributed by atoms with van der Waals surface area (Å²) < 4.78 is 0. The highest BCUT2D eigenvalue weighted by Crippen LogP contribution is 2.34. The maximum atomic E-state index is 10.6. The van der Waals surface area contributed by atoms with Crippen molar-refractivity contribution in [3.63, 3.8) is 0 Å². The maximum Gasteiger partial charge on any atom is 0.339 e. The van der Waals surface area contributed by atoms with Crippen molar-refractivity contribution in [1.82, 2.24) is 0 Å². The lowest BCUT2D eigenvalue weighted by molar-refractivity contribution is 0.0692. The van der Waals surface area contributed by atoms with Gasteiger partial charge in [-0.3, -0.25) is 0 Å². The first-order valence-electron chi connectivity index (χ1n) is 3.70. The van der Waals surface area contributed by atoms with Crippen molar-refractivity contribution in [3.05, 3.63) is 22.8 Å². The third kappa shape index (κ3) is 1.42. The second kappa shape index (κ2) is 2.97. The van der Waals surface area contributed by atoms with Crippen LogP contribution >= 0.6 is 0 Å². The van der Waals surface area contributed by atoms with Crippen molar-refractivity contribution in [2.45, 2.75) is 13.8 Å². The van der Waals surface area contributed by atoms with Crippen molar-refractivity contribution in [3.8, 4) is 11.5 Å². The number of phenols is 2. The van der Waals surface area contributed by atoms with E-state index in [1.807, 2.05) is 0 Å². The van der Waals surface area contributed by atoms with Crippen LogP contribution in [0.25, 0.3) is 0 Å². The van der Waals surface area contributed by atoms with Gasteiger partial charge in [0.1, 0.15) is 5.56 Å². The van der Waals surface area contributed by atoms with Crippen LogP contribution in [0.3, 0.4) is 0 Å². The number of hydrogen-bond acceptors (Lipinski definition) is 3. The largest absolute Gasteiger partial charge is 0.504 e. The Morgan fingerprint density at radius 2 is 1.69 bits per heavy atom. The number of rotatable bonds is 1. The van der Waals surface area contributed by atoms with Crippen LogP contribution < -0.4 is 0 Å². The molecule has 1 aromatic rings. The number of aryl methyl sites for hydroxylation is 2. The fraction of sp³-hybridized carbons (Fsp3) is 0.222. The quantitative estimate of drug-likeness (QED) is 0.574. The monoisotopic (exact) mass is 182 g/mol. The molecule has 0 unspecified atom stereocenters. The molecule has 0 fully saturated rings. The topological polar surface area (TPSA) is 77.8 Å². The average molecular weight is 182 g/mol. The highest BCUT2D eigenvalue weighted by molar-refractivity contribution is 5.93. The molecular weight excluding hydrogens is 172 g/mol. The molecule has 0 radical (unpaired) electrons. The molecule has 1 aromatic carbocycles. The van der Waals surface area contributed by atoms with Gasteiger partial charge in [0.15, 0.2) is 11.5 Å². The van der Waals surface area contributed by atoms with Crippen LogP contribution in [0.15, 0.2) is 6.07 Å². The van der Waals surface area contributed by atoms with Gasteiger partial charge in [0, 0.05) is 0 Å². The lowest BCUT2D eigenvalue weighted by Gasteiger charge is -2.07. The minimum absolute atomic E-state index is 0.247. The first kappa shape index (κ1) is 9.38. The van der Waals surface area contributed by atoms with Gasteiger partial charge in [-0.1, -0.05) is 6.07 Å². The SMILES string of the molecule is Cc1cc(C)c(C(=O)O)c(O)c1O. The molecule has 0 aliphatic heterocycles. The van der Waals surface area contributed by atoms with Gasteiger partial charge in [-0.2, -0.15) is 0 Å². The van der Waals surface area contributed by atoms with Gasteiger partial charge in [-0.15, -0.1) is 0 Å². The summed E-state index contributed by atoms with van der Waals surface area (Å²) in [5.74, 6) is -2.18. The first-order chi connectivity index (χ1) is 5.95. The minimum atomic E-state index is -1.25. The van der Waals surface area contributed by atoms with E-state index >= 15 is 0 Å². The Morgan fingerprint density at radius 3 is 2.15 bits per heavy atom. The van der Waals surface area contributed by atoms with Gasteiger partial charge in [-0.05, 0) is 25.0 Å². The van der Waals surface area contributed by atoms with Crippen LogP contribution in [-0.4, -0.2) is 21.3 Å². The second-order valence-corrected chi connectivity index (χ2v) is 2.89. The molecule has 4 heteroatoms. The maximum absolute atomic E-state index is 10.6. The fourth-order valence-corrected chi connectivity index (χ4v) is 1.23. The van der Waals surface area contributed by atoms with Gasteiger partial charge < -0.3 is 15.3 Å². The summed E-state index contributed by atoms with van der Waals surface area (Å²) in [4.78, 5) is 10.6. The summed E-state index contributed by atoms with van der Waals surface area (Å²) in [6.07, 6.45) is 0. The van der Waals surface area contributed by atoms with Crippen molar-refractivity contribution in [1.29, 1.82) is 0 Å². The summed E-state index contributed by atoms with van der Waals surface area (Å²) in [5.41, 5.74) is 0.642. The standard InChI is InChI=1S/C9H10O4/c1-4-3-5(2)7(10)8(11)6(4)9(12)13/h3,10-11H,1-2H3,(H,12,13). The van der Waals surface area contributed by atoms with E-state index in [1.54, 1.807) is 13.8 Å². The Bertz CT molecular complexity index is 368. The van der Waals surface area contributed by atoms with Crippen LogP contribution in [0.1, 0.15) is 21.5 Å². The molecule has 4 nitrogen and oxygen atoms in total. The first-order valence-corrected chi connectivity index (χ1v) is 3.70. The molecule has 70 valence electrons. The molecule has 0 heterocycles. The zero-order valence-corrected chi connectivity index (χ0v) is 7.33. The van der Waals surface area contributed by atoms with Gasteiger partial charge >= 0.3 is 5.97 Å². The smallest absolute Gasteiger partial charge is 0.339 e. The molecule has 0 bridgehead atoms. The molecule has 1 rings (SSSR count). The van der Waals surface area contributed by atoms with E-state index in [0.29, 0.717) is 11.1 Å². The molecule has 0 aliphatic carbocycles. The normalized spacial score (nSPS) is 10.0. The second-order valence-electron chi connectivity index (χ2n) is 2.89. The third-order valence-electron chi connectivity index (χ3n) is 1.88. The molecule has 0 saturated carbocycles. The number of aromatic hydroxyl groups is 2. The number of phenolic OH excluding ortho intramolecular Hbond substituents is 1. The van der Waals surface area contributed by atoms with E-state index in [0.717, 1.165) is 0 Å². The minimum Gasteiger partial charge on any atom is -0.504 e. The van der Waals surface area contributed by atoms with E-state index in [-0.39, 0.29) is 11.3 Å². The molecular formula is C9H10O4. The summed E-state index contributed by atoms with van der Waals surface area (Å²) in [5, 5.41) is 27.2.